The lowest BCUT2D eigenvalue weighted by molar-refractivity contribution is -0.121. The van der Waals surface area contributed by atoms with Gasteiger partial charge in [-0.3, -0.25) is 9.59 Å². The molecule has 1 unspecified atom stereocenters. The van der Waals surface area contributed by atoms with Crippen molar-refractivity contribution in [2.45, 2.75) is 25.9 Å². The van der Waals surface area contributed by atoms with Gasteiger partial charge in [-0.1, -0.05) is 49.4 Å². The lowest BCUT2D eigenvalue weighted by Gasteiger charge is -2.25. The fourth-order valence-electron chi connectivity index (χ4n) is 3.57. The van der Waals surface area contributed by atoms with Crippen LogP contribution < -0.4 is 11.1 Å². The quantitative estimate of drug-likeness (QED) is 0.619. The molecule has 0 aliphatic carbocycles. The molecule has 1 heterocycles. The van der Waals surface area contributed by atoms with Crippen LogP contribution in [0.5, 0.6) is 0 Å². The molecule has 3 rings (SSSR count). The molecule has 152 valence electrons. The third-order valence-corrected chi connectivity index (χ3v) is 5.26. The Bertz CT molecular complexity index is 1010. The molecular weight excluding hydrogens is 364 g/mol. The van der Waals surface area contributed by atoms with E-state index in [1.807, 2.05) is 38.4 Å². The average molecular weight is 393 g/mol. The lowest BCUT2D eigenvalue weighted by Crippen LogP contribution is -2.36. The molecule has 3 aromatic rings. The van der Waals surface area contributed by atoms with Gasteiger partial charge in [0.25, 0.3) is 5.91 Å². The number of nitrogens with one attached hydrogen (secondary N) is 1. The fourth-order valence-corrected chi connectivity index (χ4v) is 3.57. The van der Waals surface area contributed by atoms with Crippen molar-refractivity contribution in [1.29, 1.82) is 0 Å². The molecule has 2 amide bonds. The van der Waals surface area contributed by atoms with Crippen LogP contribution in [-0.2, 0) is 17.8 Å². The van der Waals surface area contributed by atoms with Crippen molar-refractivity contribution >= 4 is 22.7 Å². The minimum Gasteiger partial charge on any atom is -0.366 e. The summed E-state index contributed by atoms with van der Waals surface area (Å²) in [7, 11) is 4.01. The summed E-state index contributed by atoms with van der Waals surface area (Å²) in [6.07, 6.45) is 2.65. The highest BCUT2D eigenvalue weighted by atomic mass is 16.2. The third kappa shape index (κ3) is 4.66. The van der Waals surface area contributed by atoms with Gasteiger partial charge in [-0.2, -0.15) is 0 Å². The van der Waals surface area contributed by atoms with E-state index in [1.165, 1.54) is 5.56 Å². The molecule has 6 nitrogen and oxygen atoms in total. The normalized spacial score (nSPS) is 12.3. The van der Waals surface area contributed by atoms with Gasteiger partial charge in [0.05, 0.1) is 11.6 Å². The van der Waals surface area contributed by atoms with Gasteiger partial charge in [0, 0.05) is 23.6 Å². The Morgan fingerprint density at radius 2 is 1.79 bits per heavy atom. The fraction of sp³-hybridized carbons (Fsp3) is 0.304. The monoisotopic (exact) mass is 392 g/mol. The van der Waals surface area contributed by atoms with Gasteiger partial charge >= 0.3 is 0 Å². The molecule has 0 aliphatic heterocycles. The first-order valence-electron chi connectivity index (χ1n) is 9.80. The number of aryl methyl sites for hydroxylation is 1. The van der Waals surface area contributed by atoms with E-state index >= 15 is 0 Å². The van der Waals surface area contributed by atoms with Crippen LogP contribution in [-0.4, -0.2) is 41.9 Å². The molecule has 0 aliphatic rings. The van der Waals surface area contributed by atoms with Crippen LogP contribution in [0.15, 0.2) is 54.7 Å². The number of likely N-dealkylation sites (N-methyl/N-ethyl adjacent to an activating group) is 1. The minimum atomic E-state index is -0.497. The number of aromatic nitrogens is 1. The van der Waals surface area contributed by atoms with Gasteiger partial charge in [0.2, 0.25) is 5.91 Å². The number of rotatable bonds is 8. The first kappa shape index (κ1) is 20.6. The molecule has 0 bridgehead atoms. The predicted octanol–water partition coefficient (Wildman–Crippen LogP) is 2.72. The summed E-state index contributed by atoms with van der Waals surface area (Å²) in [5.74, 6) is -0.609. The van der Waals surface area contributed by atoms with E-state index in [1.54, 1.807) is 10.8 Å². The van der Waals surface area contributed by atoms with Gasteiger partial charge in [0.1, 0.15) is 6.54 Å². The molecule has 6 heteroatoms. The highest BCUT2D eigenvalue weighted by molar-refractivity contribution is 6.06. The average Bonchev–Trinajstić information content (AvgIpc) is 3.07. The number of benzene rings is 2. The van der Waals surface area contributed by atoms with Crippen molar-refractivity contribution < 1.29 is 9.59 Å². The number of carbonyl (C=O) groups excluding carboxylic acids is 2. The number of hydrogen-bond acceptors (Lipinski definition) is 3. The number of hydrogen-bond donors (Lipinski definition) is 2. The van der Waals surface area contributed by atoms with Crippen molar-refractivity contribution in [1.82, 2.24) is 14.8 Å². The van der Waals surface area contributed by atoms with Gasteiger partial charge < -0.3 is 20.5 Å². The number of carbonyl (C=O) groups is 2. The Hall–Kier alpha value is -3.12. The lowest BCUT2D eigenvalue weighted by atomic mass is 10.0. The molecule has 2 aromatic carbocycles. The number of nitrogens with two attached hydrogens (primary N) is 1. The summed E-state index contributed by atoms with van der Waals surface area (Å²) in [5, 5.41) is 3.78. The van der Waals surface area contributed by atoms with Crippen LogP contribution in [0.2, 0.25) is 0 Å². The summed E-state index contributed by atoms with van der Waals surface area (Å²) in [6, 6.07) is 16.0. The zero-order chi connectivity index (χ0) is 21.0. The summed E-state index contributed by atoms with van der Waals surface area (Å²) in [6.45, 7) is 2.76. The van der Waals surface area contributed by atoms with E-state index in [-0.39, 0.29) is 18.5 Å². The van der Waals surface area contributed by atoms with E-state index < -0.39 is 5.91 Å². The van der Waals surface area contributed by atoms with E-state index in [0.29, 0.717) is 12.1 Å². The second-order valence-corrected chi connectivity index (χ2v) is 7.43. The molecule has 29 heavy (non-hydrogen) atoms. The summed E-state index contributed by atoms with van der Waals surface area (Å²) in [4.78, 5) is 26.4. The zero-order valence-electron chi connectivity index (χ0n) is 17.2. The highest BCUT2D eigenvalue weighted by Gasteiger charge is 2.17. The third-order valence-electron chi connectivity index (χ3n) is 5.26. The molecule has 3 N–H and O–H groups in total. The number of fused-ring (bicyclic) bond motifs is 1. The predicted molar refractivity (Wildman–Crippen MR) is 116 cm³/mol. The van der Waals surface area contributed by atoms with E-state index in [4.69, 9.17) is 5.73 Å². The molecule has 0 saturated carbocycles. The van der Waals surface area contributed by atoms with Crippen LogP contribution >= 0.6 is 0 Å². The SMILES string of the molecule is CCc1ccc(C(CNC(=O)Cn2cc(C(N)=O)c3ccccc32)N(C)C)cc1. The molecule has 1 atom stereocenters. The number of amides is 2. The van der Waals surface area contributed by atoms with Crippen LogP contribution in [0.1, 0.15) is 34.5 Å². The minimum absolute atomic E-state index is 0.0763. The maximum Gasteiger partial charge on any atom is 0.250 e. The molecule has 1 aromatic heterocycles. The van der Waals surface area contributed by atoms with Gasteiger partial charge in [0.15, 0.2) is 0 Å². The second-order valence-electron chi connectivity index (χ2n) is 7.43. The van der Waals surface area contributed by atoms with E-state index in [9.17, 15) is 9.59 Å². The molecular formula is C23H28N4O2. The molecule has 0 radical (unpaired) electrons. The topological polar surface area (TPSA) is 80.4 Å². The summed E-state index contributed by atoms with van der Waals surface area (Å²) >= 11 is 0. The van der Waals surface area contributed by atoms with Gasteiger partial charge in [-0.05, 0) is 37.7 Å². The van der Waals surface area contributed by atoms with E-state index in [0.717, 1.165) is 22.9 Å². The Morgan fingerprint density at radius 1 is 1.10 bits per heavy atom. The largest absolute Gasteiger partial charge is 0.366 e. The number of nitrogens with zero attached hydrogens (tertiary/aromatic N) is 2. The maximum atomic E-state index is 12.6. The Morgan fingerprint density at radius 3 is 2.41 bits per heavy atom. The van der Waals surface area contributed by atoms with Crippen molar-refractivity contribution in [3.8, 4) is 0 Å². The Kier molecular flexibility index (Phi) is 6.34. The molecule has 0 saturated heterocycles. The first-order valence-corrected chi connectivity index (χ1v) is 9.80. The van der Waals surface area contributed by atoms with Crippen LogP contribution in [0.25, 0.3) is 10.9 Å². The maximum absolute atomic E-state index is 12.6. The number of primary amides is 1. The zero-order valence-corrected chi connectivity index (χ0v) is 17.2. The summed E-state index contributed by atoms with van der Waals surface area (Å²) < 4.78 is 1.77. The molecule has 0 spiro atoms. The first-order chi connectivity index (χ1) is 13.9. The molecule has 0 fully saturated rings. The van der Waals surface area contributed by atoms with Crippen molar-refractivity contribution in [3.05, 3.63) is 71.4 Å². The standard InChI is InChI=1S/C23H28N4O2/c1-4-16-9-11-17(12-10-16)21(26(2)3)13-25-22(28)15-27-14-19(23(24)29)18-7-5-6-8-20(18)27/h5-12,14,21H,4,13,15H2,1-3H3,(H2,24,29)(H,25,28). The van der Waals surface area contributed by atoms with Gasteiger partial charge in [-0.15, -0.1) is 0 Å². The Balaban J connectivity index is 1.71. The van der Waals surface area contributed by atoms with Gasteiger partial charge in [-0.25, -0.2) is 0 Å². The Labute approximate surface area is 171 Å². The highest BCUT2D eigenvalue weighted by Crippen LogP contribution is 2.21. The van der Waals surface area contributed by atoms with Crippen molar-refractivity contribution in [3.63, 3.8) is 0 Å². The van der Waals surface area contributed by atoms with E-state index in [2.05, 4.69) is 41.4 Å². The van der Waals surface area contributed by atoms with Crippen LogP contribution in [0.3, 0.4) is 0 Å². The van der Waals surface area contributed by atoms with Crippen molar-refractivity contribution in [2.75, 3.05) is 20.6 Å². The smallest absolute Gasteiger partial charge is 0.250 e. The van der Waals surface area contributed by atoms with Crippen LogP contribution in [0.4, 0.5) is 0 Å². The van der Waals surface area contributed by atoms with Crippen molar-refractivity contribution in [2.24, 2.45) is 5.73 Å². The number of para-hydroxylation sites is 1. The summed E-state index contributed by atoms with van der Waals surface area (Å²) in [5.41, 5.74) is 9.18. The second kappa shape index (κ2) is 8.92. The van der Waals surface area contributed by atoms with Crippen LogP contribution in [0, 0.1) is 0 Å².